The average molecular weight is 1820 g/mol. The number of fused-ring (bicyclic) bond motifs is 6. The third-order valence-corrected chi connectivity index (χ3v) is 15.7. The Morgan fingerprint density at radius 2 is 0.830 bits per heavy atom. The molecule has 0 atom stereocenters. The van der Waals surface area contributed by atoms with Gasteiger partial charge in [0, 0.05) is 140 Å². The minimum absolute atomic E-state index is 0. The van der Waals surface area contributed by atoms with Gasteiger partial charge in [-0.1, -0.05) is 97.3 Å². The average Bonchev–Trinajstić information content (AvgIpc) is 1.60. The van der Waals surface area contributed by atoms with E-state index in [9.17, 15) is 13.2 Å². The van der Waals surface area contributed by atoms with Gasteiger partial charge in [0.2, 0.25) is 11.4 Å². The van der Waals surface area contributed by atoms with Gasteiger partial charge in [-0.3, -0.25) is 9.54 Å². The quantitative estimate of drug-likeness (QED) is 0.0697. The van der Waals surface area contributed by atoms with Crippen molar-refractivity contribution in [1.82, 2.24) is 34.9 Å². The van der Waals surface area contributed by atoms with E-state index in [4.69, 9.17) is 54.0 Å². The molecule has 0 aliphatic rings. The second-order valence-electron chi connectivity index (χ2n) is 23.6. The van der Waals surface area contributed by atoms with Crippen molar-refractivity contribution in [3.8, 4) is 56.3 Å². The Morgan fingerprint density at radius 3 is 1.22 bits per heavy atom. The Kier molecular flexibility index (Phi) is 25.1. The number of nitrogens with zero attached hydrogens (tertiary/aromatic N) is 7. The normalized spacial score (nSPS) is 13.7. The molecule has 0 saturated heterocycles. The SMILES string of the molecule is CO.CO.Cc1cnc(-c2[c-]cccc2)cc1C.O=S(=O)(O)C(F)(F)F.[2H]C([2H])([2H])c1ccc2c(n1)oc1c(-c3cc(C([2H])([2H])C(C)C)c(C)cn3)[c-]ccc12.[2H]C([2H])([2H])c1ccc2c(n1)oc1c(-c3cc(C([2H])([2H])C(C)C)c(C)cn3)cccc12.[2H]C([2H])([2H])c1cnc(-c2[c-]cccc2)cc1C.[2H]C([2H])([2H])c1cnc(-c2[c-]cccc2)cc1C.[Ir].[Ir]. The van der Waals surface area contributed by atoms with E-state index in [1.54, 1.807) is 68.7 Å². The molecule has 14 rings (SSSR count). The number of hydrogen-bond acceptors (Lipinski definition) is 13. The third-order valence-electron chi connectivity index (χ3n) is 15.1. The van der Waals surface area contributed by atoms with Crippen molar-refractivity contribution in [2.24, 2.45) is 11.8 Å². The zero-order valence-electron chi connectivity index (χ0n) is 75.9. The first-order valence-corrected chi connectivity index (χ1v) is 33.7. The number of alkyl halides is 3. The van der Waals surface area contributed by atoms with Crippen molar-refractivity contribution in [3.05, 3.63) is 280 Å². The molecule has 9 aromatic heterocycles. The molecule has 0 aliphatic carbocycles. The van der Waals surface area contributed by atoms with Crippen molar-refractivity contribution in [2.45, 2.75) is 115 Å². The molecule has 0 saturated carbocycles. The van der Waals surface area contributed by atoms with Gasteiger partial charge in [-0.05, 0) is 186 Å². The van der Waals surface area contributed by atoms with Crippen LogP contribution in [-0.2, 0) is 63.1 Å². The van der Waals surface area contributed by atoms with E-state index in [0.29, 0.717) is 61.3 Å². The van der Waals surface area contributed by atoms with Gasteiger partial charge >= 0.3 is 15.6 Å². The summed E-state index contributed by atoms with van der Waals surface area (Å²) in [6, 6.07) is 60.1. The summed E-state index contributed by atoms with van der Waals surface area (Å²) >= 11 is 0. The number of hydrogen-bond donors (Lipinski definition) is 3. The molecule has 0 aliphatic heterocycles. The largest absolute Gasteiger partial charge is 0.522 e. The van der Waals surface area contributed by atoms with Crippen LogP contribution in [0.15, 0.2) is 198 Å². The number of benzene rings is 5. The molecule has 14 nitrogen and oxygen atoms in total. The van der Waals surface area contributed by atoms with Crippen molar-refractivity contribution in [1.29, 1.82) is 0 Å². The van der Waals surface area contributed by atoms with Gasteiger partial charge in [0.1, 0.15) is 5.58 Å². The van der Waals surface area contributed by atoms with Crippen LogP contribution in [0.3, 0.4) is 0 Å². The second-order valence-corrected chi connectivity index (χ2v) is 25.0. The zero-order valence-corrected chi connectivity index (χ0v) is 65.5. The predicted octanol–water partition coefficient (Wildman–Crippen LogP) is 20.6. The first kappa shape index (κ1) is 65.0. The summed E-state index contributed by atoms with van der Waals surface area (Å²) in [5.74, 6) is -0.407. The fourth-order valence-corrected chi connectivity index (χ4v) is 9.79. The first-order chi connectivity index (χ1) is 56.0. The van der Waals surface area contributed by atoms with E-state index >= 15 is 0 Å². The van der Waals surface area contributed by atoms with Gasteiger partial charge in [-0.15, -0.1) is 126 Å². The van der Waals surface area contributed by atoms with Gasteiger partial charge in [0.15, 0.2) is 0 Å². The van der Waals surface area contributed by atoms with Crippen LogP contribution in [0.2, 0.25) is 0 Å². The molecule has 0 spiro atoms. The summed E-state index contributed by atoms with van der Waals surface area (Å²) in [5, 5.41) is 17.0. The number of aliphatic hydroxyl groups excluding tert-OH is 2. The van der Waals surface area contributed by atoms with Gasteiger partial charge < -0.3 is 39.0 Å². The standard InChI is InChI=1S/C22H22N2O.C22H21N2O.3C13H12N.CHF3O3S.2CH4O.2Ir/c2*1-13(2)10-16-11-20(23-12-14(16)3)19-7-5-6-17-18-9-8-15(4)24-22(18)25-21(17)19;3*1-10-8-13(14-9-11(10)2)12-6-4-3-5-7-12;2-1(3,4)8(5,6)7;2*1-2;;/h5-9,11-13H,10H2,1-4H3;5-6,8-9,11-13H,10H2,1-4H3;3*3-6,8-9H,1-2H3;(H,5,6,7);2*2H,1H3;;/q;4*-1;;;;;/i2*4D3,10D2;2*2D3;;;;;;. The van der Waals surface area contributed by atoms with Gasteiger partial charge in [0.05, 0.1) is 11.3 Å². The van der Waals surface area contributed by atoms with Gasteiger partial charge in [-0.2, -0.15) is 21.6 Å². The summed E-state index contributed by atoms with van der Waals surface area (Å²) < 4.78 is 193. The van der Waals surface area contributed by atoms with Crippen molar-refractivity contribution in [2.75, 3.05) is 14.2 Å². The van der Waals surface area contributed by atoms with Crippen molar-refractivity contribution in [3.63, 3.8) is 0 Å². The molecule has 9 heterocycles. The molecular weight excluding hydrogens is 1720 g/mol. The van der Waals surface area contributed by atoms with Crippen LogP contribution in [0.1, 0.15) is 117 Å². The number of para-hydroxylation sites is 1. The molecule has 20 heteroatoms. The van der Waals surface area contributed by atoms with Gasteiger partial charge in [0.25, 0.3) is 0 Å². The van der Waals surface area contributed by atoms with E-state index in [0.717, 1.165) is 86.4 Å². The van der Waals surface area contributed by atoms with E-state index in [1.807, 2.05) is 145 Å². The maximum atomic E-state index is 10.7. The van der Waals surface area contributed by atoms with Crippen LogP contribution in [0.4, 0.5) is 13.2 Å². The minimum Gasteiger partial charge on any atom is -0.486 e. The monoisotopic (exact) mass is 1820 g/mol. The minimum atomic E-state index is -5.84. The molecule has 2 radical (unpaired) electrons. The topological polar surface area (TPSA) is 211 Å². The zero-order chi connectivity index (χ0) is 89.6. The summed E-state index contributed by atoms with van der Waals surface area (Å²) in [4.78, 5) is 30.2. The van der Waals surface area contributed by atoms with E-state index in [-0.39, 0.29) is 74.9 Å². The number of aryl methyl sites for hydroxylation is 10. The third kappa shape index (κ3) is 23.8. The Balaban J connectivity index is 0.000000268. The van der Waals surface area contributed by atoms with Crippen LogP contribution in [0.25, 0.3) is 100 Å². The summed E-state index contributed by atoms with van der Waals surface area (Å²) in [5.41, 5.74) is 11.0. The summed E-state index contributed by atoms with van der Waals surface area (Å²) in [6.45, 7) is 10.0. The van der Waals surface area contributed by atoms with E-state index < -0.39 is 55.8 Å². The first-order valence-electron chi connectivity index (χ1n) is 40.2. The maximum Gasteiger partial charge on any atom is 0.522 e. The van der Waals surface area contributed by atoms with Gasteiger partial charge in [-0.25, -0.2) is 9.97 Å². The van der Waals surface area contributed by atoms with Crippen LogP contribution in [0.5, 0.6) is 0 Å². The van der Waals surface area contributed by atoms with Crippen molar-refractivity contribution >= 4 is 54.3 Å². The molecule has 0 amide bonds. The van der Waals surface area contributed by atoms with Crippen LogP contribution >= 0.6 is 0 Å². The van der Waals surface area contributed by atoms with Crippen molar-refractivity contribution < 1.29 is 107 Å². The number of pyridine rings is 7. The molecule has 0 fully saturated rings. The molecule has 14 aromatic rings. The number of furan rings is 2. The Morgan fingerprint density at radius 1 is 0.443 bits per heavy atom. The molecule has 3 N–H and O–H groups in total. The van der Waals surface area contributed by atoms with Crippen LogP contribution < -0.4 is 0 Å². The molecule has 558 valence electrons. The van der Waals surface area contributed by atoms with Crippen LogP contribution in [-0.4, -0.2) is 77.8 Å². The fraction of sp³-hybridized carbons (Fsp3) is 0.244. The van der Waals surface area contributed by atoms with E-state index in [2.05, 4.69) is 79.1 Å². The smallest absolute Gasteiger partial charge is 0.486 e. The maximum absolute atomic E-state index is 10.7. The molecule has 5 aromatic carbocycles. The number of aromatic nitrogens is 7. The second kappa shape index (κ2) is 41.0. The molecular formula is C86H88F3Ir2N7O7S-4. The number of halogens is 3. The van der Waals surface area contributed by atoms with Crippen LogP contribution in [0, 0.1) is 105 Å². The number of rotatable bonds is 9. The Hall–Kier alpha value is -9.33. The molecule has 106 heavy (non-hydrogen) atoms. The summed E-state index contributed by atoms with van der Waals surface area (Å²) in [6.07, 6.45) is 5.09. The molecule has 0 bridgehead atoms. The van der Waals surface area contributed by atoms with E-state index in [1.165, 1.54) is 35.7 Å². The Labute approximate surface area is 670 Å². The predicted molar refractivity (Wildman–Crippen MR) is 412 cm³/mol. The molecule has 0 unspecified atom stereocenters. The Bertz CT molecular complexity index is 5650. The number of aliphatic hydroxyl groups is 2. The fourth-order valence-electron chi connectivity index (χ4n) is 9.79. The summed E-state index contributed by atoms with van der Waals surface area (Å²) in [7, 11) is -3.84.